The van der Waals surface area contributed by atoms with Crippen molar-refractivity contribution in [2.75, 3.05) is 11.5 Å². The minimum absolute atomic E-state index is 0.00732. The smallest absolute Gasteiger partial charge is 0.424 e. The number of carbonyl (C=O) groups excluding carboxylic acids is 3. The van der Waals surface area contributed by atoms with E-state index in [1.54, 1.807) is 92.9 Å². The number of nitrogens with zero attached hydrogens (tertiary/aromatic N) is 5. The number of benzene rings is 2. The molecule has 54 heavy (non-hydrogen) atoms. The number of fused-ring (bicyclic) bond motifs is 4. The molecule has 4 heterocycles. The van der Waals surface area contributed by atoms with E-state index < -0.39 is 58.4 Å². The van der Waals surface area contributed by atoms with Crippen LogP contribution in [0.2, 0.25) is 0 Å². The molecule has 2 amide bonds. The number of halogens is 2. The van der Waals surface area contributed by atoms with Crippen LogP contribution in [0.4, 0.5) is 24.5 Å². The highest BCUT2D eigenvalue weighted by Gasteiger charge is 2.40. The second kappa shape index (κ2) is 14.1. The predicted molar refractivity (Wildman–Crippen MR) is 205 cm³/mol. The summed E-state index contributed by atoms with van der Waals surface area (Å²) in [6.45, 7) is 15.0. The number of carbonyl (C=O) groups is 3. The Balaban J connectivity index is 1.84. The third kappa shape index (κ3) is 7.69. The van der Waals surface area contributed by atoms with Crippen LogP contribution in [0.3, 0.4) is 0 Å². The highest BCUT2D eigenvalue weighted by molar-refractivity contribution is 9.10. The van der Waals surface area contributed by atoms with Crippen LogP contribution in [0.25, 0.3) is 43.8 Å². The lowest BCUT2D eigenvalue weighted by Crippen LogP contribution is -2.47. The van der Waals surface area contributed by atoms with Crippen molar-refractivity contribution >= 4 is 72.6 Å². The summed E-state index contributed by atoms with van der Waals surface area (Å²) in [4.78, 5) is 63.2. The quantitative estimate of drug-likeness (QED) is 0.128. The van der Waals surface area contributed by atoms with Gasteiger partial charge in [-0.25, -0.2) is 28.0 Å². The molecule has 3 aromatic heterocycles. The van der Waals surface area contributed by atoms with Gasteiger partial charge in [-0.05, 0) is 127 Å². The van der Waals surface area contributed by atoms with Crippen molar-refractivity contribution < 1.29 is 37.7 Å². The Morgan fingerprint density at radius 1 is 0.889 bits per heavy atom. The minimum Gasteiger partial charge on any atom is -0.443 e. The first-order chi connectivity index (χ1) is 25.1. The number of hydrogen-bond acceptors (Lipinski definition) is 10. The van der Waals surface area contributed by atoms with Gasteiger partial charge in [-0.2, -0.15) is 10.00 Å². The number of hydrogen-bond donors (Lipinski definition) is 0. The summed E-state index contributed by atoms with van der Waals surface area (Å²) in [5.74, 6) is -0.650. The van der Waals surface area contributed by atoms with Crippen LogP contribution in [0.5, 0.6) is 0 Å². The van der Waals surface area contributed by atoms with Crippen LogP contribution in [-0.2, 0) is 18.9 Å². The first-order valence-electron chi connectivity index (χ1n) is 17.6. The van der Waals surface area contributed by atoms with E-state index in [0.717, 1.165) is 17.4 Å². The molecule has 0 saturated carbocycles. The first kappa shape index (κ1) is 38.8. The molecular formula is C39H43BrFN5O8. The summed E-state index contributed by atoms with van der Waals surface area (Å²) in [7, 11) is 0. The molecule has 6 rings (SSSR count). The standard InChI is InChI=1S/C39H43BrFN5O8/c1-37(2,3)52-34(48)45-31-22-13-12-17-42-29(22)25(40)19-23(31)28(21-15-16-26(41)30-24(21)20-44(43-30)27-14-10-11-18-51-27)32(33(45)47)46(35(49)53-38(4,5)6)36(50)54-39(7,8)9/h12-13,15-17,19-20,27H,10-11,14,18H2,1-9H3. The molecule has 0 spiro atoms. The molecular weight excluding hydrogens is 765 g/mol. The molecule has 1 atom stereocenters. The van der Waals surface area contributed by atoms with Crippen LogP contribution in [0, 0.1) is 5.82 Å². The third-order valence-corrected chi connectivity index (χ3v) is 8.87. The molecule has 0 bridgehead atoms. The first-order valence-corrected chi connectivity index (χ1v) is 18.4. The number of anilines is 1. The molecule has 1 fully saturated rings. The lowest BCUT2D eigenvalue weighted by Gasteiger charge is -2.30. The van der Waals surface area contributed by atoms with Gasteiger partial charge in [0, 0.05) is 45.2 Å². The van der Waals surface area contributed by atoms with Crippen molar-refractivity contribution in [1.29, 1.82) is 0 Å². The van der Waals surface area contributed by atoms with Crippen LogP contribution in [0.1, 0.15) is 87.8 Å². The van der Waals surface area contributed by atoms with Gasteiger partial charge in [-0.3, -0.25) is 9.78 Å². The Morgan fingerprint density at radius 3 is 2.13 bits per heavy atom. The lowest BCUT2D eigenvalue weighted by atomic mass is 9.94. The third-order valence-electron chi connectivity index (χ3n) is 8.27. The zero-order valence-corrected chi connectivity index (χ0v) is 33.3. The number of rotatable bonds is 3. The van der Waals surface area contributed by atoms with Crippen molar-refractivity contribution in [1.82, 2.24) is 19.3 Å². The van der Waals surface area contributed by atoms with Gasteiger partial charge in [-0.1, -0.05) is 6.07 Å². The summed E-state index contributed by atoms with van der Waals surface area (Å²) in [5, 5.41) is 5.38. The summed E-state index contributed by atoms with van der Waals surface area (Å²) >= 11 is 3.61. The largest absolute Gasteiger partial charge is 0.443 e. The van der Waals surface area contributed by atoms with Gasteiger partial charge >= 0.3 is 18.3 Å². The van der Waals surface area contributed by atoms with E-state index >= 15 is 9.18 Å². The monoisotopic (exact) mass is 807 g/mol. The molecule has 5 aromatic rings. The van der Waals surface area contributed by atoms with E-state index in [4.69, 9.17) is 18.9 Å². The summed E-state index contributed by atoms with van der Waals surface area (Å²) in [6, 6.07) is 7.57. The maximum absolute atomic E-state index is 15.7. The number of ether oxygens (including phenoxy) is 4. The Kier molecular flexibility index (Phi) is 10.1. The molecule has 1 unspecified atom stereocenters. The molecule has 1 aliphatic heterocycles. The van der Waals surface area contributed by atoms with Gasteiger partial charge in [0.25, 0.3) is 5.56 Å². The Labute approximate surface area is 319 Å². The van der Waals surface area contributed by atoms with E-state index in [-0.39, 0.29) is 32.9 Å². The number of pyridine rings is 2. The highest BCUT2D eigenvalue weighted by atomic mass is 79.9. The van der Waals surface area contributed by atoms with Crippen molar-refractivity contribution in [3.63, 3.8) is 0 Å². The summed E-state index contributed by atoms with van der Waals surface area (Å²) in [5.41, 5.74) is -4.43. The van der Waals surface area contributed by atoms with Gasteiger partial charge in [0.15, 0.2) is 5.82 Å². The van der Waals surface area contributed by atoms with Gasteiger partial charge < -0.3 is 18.9 Å². The van der Waals surface area contributed by atoms with E-state index in [1.165, 1.54) is 16.8 Å². The second-order valence-corrected chi connectivity index (χ2v) is 16.9. The number of imide groups is 1. The van der Waals surface area contributed by atoms with Crippen LogP contribution in [0.15, 0.2) is 52.0 Å². The Bertz CT molecular complexity index is 2350. The SMILES string of the molecule is CC(C)(C)OC(=O)N(C(=O)OC(C)(C)C)c1c(-c2ccc(F)c3nn(C4CCCCO4)cc23)c2cc(Br)c3ncccc3c2n(C(=O)OC(C)(C)C)c1=O. The minimum atomic E-state index is -1.25. The molecule has 0 radical (unpaired) electrons. The predicted octanol–water partition coefficient (Wildman–Crippen LogP) is 9.63. The maximum Gasteiger partial charge on any atom is 0.424 e. The summed E-state index contributed by atoms with van der Waals surface area (Å²) in [6.07, 6.45) is 1.50. The Hall–Kier alpha value is -4.89. The summed E-state index contributed by atoms with van der Waals surface area (Å²) < 4.78 is 41.7. The molecule has 2 aromatic carbocycles. The van der Waals surface area contributed by atoms with Crippen LogP contribution in [-0.4, -0.2) is 61.0 Å². The fourth-order valence-electron chi connectivity index (χ4n) is 6.29. The van der Waals surface area contributed by atoms with Crippen molar-refractivity contribution in [3.05, 3.63) is 63.4 Å². The van der Waals surface area contributed by atoms with E-state index in [2.05, 4.69) is 26.0 Å². The van der Waals surface area contributed by atoms with Gasteiger partial charge in [0.05, 0.1) is 11.0 Å². The van der Waals surface area contributed by atoms with E-state index in [9.17, 15) is 14.4 Å². The fourth-order valence-corrected chi connectivity index (χ4v) is 6.84. The van der Waals surface area contributed by atoms with Gasteiger partial charge in [0.1, 0.15) is 34.2 Å². The van der Waals surface area contributed by atoms with Gasteiger partial charge in [0.2, 0.25) is 0 Å². The zero-order valence-electron chi connectivity index (χ0n) is 31.7. The normalized spacial score (nSPS) is 15.4. The molecule has 15 heteroatoms. The average Bonchev–Trinajstić information content (AvgIpc) is 3.51. The highest BCUT2D eigenvalue weighted by Crippen LogP contribution is 2.44. The van der Waals surface area contributed by atoms with E-state index in [1.807, 2.05) is 0 Å². The van der Waals surface area contributed by atoms with Crippen molar-refractivity contribution in [3.8, 4) is 11.1 Å². The Morgan fingerprint density at radius 2 is 1.54 bits per heavy atom. The molecule has 13 nitrogen and oxygen atoms in total. The topological polar surface area (TPSA) is 144 Å². The second-order valence-electron chi connectivity index (χ2n) is 16.1. The van der Waals surface area contributed by atoms with E-state index in [0.29, 0.717) is 33.3 Å². The number of aromatic nitrogens is 4. The van der Waals surface area contributed by atoms with Crippen LogP contribution < -0.4 is 10.5 Å². The number of amides is 2. The average molecular weight is 809 g/mol. The molecule has 0 N–H and O–H groups in total. The lowest BCUT2D eigenvalue weighted by molar-refractivity contribution is -0.0391. The molecule has 1 saturated heterocycles. The molecule has 1 aliphatic rings. The maximum atomic E-state index is 15.7. The van der Waals surface area contributed by atoms with Crippen molar-refractivity contribution in [2.24, 2.45) is 0 Å². The molecule has 286 valence electrons. The van der Waals surface area contributed by atoms with Crippen LogP contribution >= 0.6 is 15.9 Å². The van der Waals surface area contributed by atoms with Crippen molar-refractivity contribution in [2.45, 2.75) is 105 Å². The fraction of sp³-hybridized carbons (Fsp3) is 0.436. The van der Waals surface area contributed by atoms with Gasteiger partial charge in [-0.15, -0.1) is 0 Å². The molecule has 0 aliphatic carbocycles. The zero-order chi connectivity index (χ0) is 39.5.